The van der Waals surface area contributed by atoms with E-state index in [1.54, 1.807) is 7.11 Å². The highest BCUT2D eigenvalue weighted by molar-refractivity contribution is 9.10. The minimum Gasteiger partial charge on any atom is -0.493 e. The lowest BCUT2D eigenvalue weighted by Gasteiger charge is -2.15. The minimum atomic E-state index is 0.401. The first-order valence-electron chi connectivity index (χ1n) is 8.39. The molecule has 0 heterocycles. The second kappa shape index (κ2) is 9.88. The Kier molecular flexibility index (Phi) is 7.52. The molecule has 0 saturated heterocycles. The van der Waals surface area contributed by atoms with Crippen molar-refractivity contribution in [3.63, 3.8) is 0 Å². The molecule has 3 aromatic rings. The third-order valence-electron chi connectivity index (χ3n) is 4.00. The minimum absolute atomic E-state index is 0.401. The van der Waals surface area contributed by atoms with Crippen LogP contribution >= 0.6 is 55.1 Å². The van der Waals surface area contributed by atoms with Crippen LogP contribution in [0.25, 0.3) is 0 Å². The lowest BCUT2D eigenvalue weighted by atomic mass is 10.2. The normalized spacial score (nSPS) is 10.6. The average Bonchev–Trinajstić information content (AvgIpc) is 2.69. The Morgan fingerprint density at radius 2 is 1.64 bits per heavy atom. The van der Waals surface area contributed by atoms with Gasteiger partial charge < -0.3 is 14.8 Å². The standard InChI is InChI=1S/C21H17Br2Cl2NO2/c1-27-20-9-14(11-26-16-6-7-17(23)18(24)10-16)8-19(25)21(20)28-12-13-2-4-15(22)5-3-13/h2-10,26H,11-12H2,1H3. The second-order valence-corrected chi connectivity index (χ2v) is 8.59. The van der Waals surface area contributed by atoms with Gasteiger partial charge in [-0.1, -0.05) is 51.3 Å². The molecule has 3 nitrogen and oxygen atoms in total. The Morgan fingerprint density at radius 1 is 0.893 bits per heavy atom. The molecule has 7 heteroatoms. The smallest absolute Gasteiger partial charge is 0.180 e. The van der Waals surface area contributed by atoms with Crippen molar-refractivity contribution in [1.82, 2.24) is 0 Å². The Bertz CT molecular complexity index is 965. The highest BCUT2D eigenvalue weighted by Crippen LogP contribution is 2.37. The molecule has 0 aromatic heterocycles. The van der Waals surface area contributed by atoms with Gasteiger partial charge in [-0.05, 0) is 69.5 Å². The van der Waals surface area contributed by atoms with Crippen LogP contribution < -0.4 is 14.8 Å². The number of methoxy groups -OCH3 is 1. The fourth-order valence-corrected chi connectivity index (χ4v) is 3.54. The zero-order valence-corrected chi connectivity index (χ0v) is 19.6. The summed E-state index contributed by atoms with van der Waals surface area (Å²) in [6.45, 7) is 0.972. The molecule has 1 N–H and O–H groups in total. The molecule has 0 radical (unpaired) electrons. The maximum atomic E-state index is 6.46. The summed E-state index contributed by atoms with van der Waals surface area (Å²) >= 11 is 19.4. The van der Waals surface area contributed by atoms with Crippen LogP contribution in [-0.4, -0.2) is 7.11 Å². The summed E-state index contributed by atoms with van der Waals surface area (Å²) in [5.41, 5.74) is 2.93. The molecule has 0 fully saturated rings. The molecule has 146 valence electrons. The number of hydrogen-bond acceptors (Lipinski definition) is 3. The van der Waals surface area contributed by atoms with Gasteiger partial charge >= 0.3 is 0 Å². The molecule has 0 spiro atoms. The molecule has 0 aliphatic rings. The van der Waals surface area contributed by atoms with Crippen LogP contribution in [0.15, 0.2) is 63.5 Å². The first kappa shape index (κ1) is 21.3. The predicted molar refractivity (Wildman–Crippen MR) is 123 cm³/mol. The zero-order valence-electron chi connectivity index (χ0n) is 14.9. The van der Waals surface area contributed by atoms with Gasteiger partial charge in [0, 0.05) is 21.2 Å². The first-order chi connectivity index (χ1) is 13.5. The SMILES string of the molecule is COc1cc(CNc2ccc(Br)c(Cl)c2)cc(Cl)c1OCc1ccc(Br)cc1. The van der Waals surface area contributed by atoms with Crippen molar-refractivity contribution in [3.05, 3.63) is 84.7 Å². The summed E-state index contributed by atoms with van der Waals surface area (Å²) in [4.78, 5) is 0. The van der Waals surface area contributed by atoms with Crippen LogP contribution in [0, 0.1) is 0 Å². The van der Waals surface area contributed by atoms with Gasteiger partial charge in [-0.15, -0.1) is 0 Å². The Labute approximate surface area is 191 Å². The average molecular weight is 546 g/mol. The molecule has 0 amide bonds. The van der Waals surface area contributed by atoms with E-state index in [9.17, 15) is 0 Å². The molecule has 3 rings (SSSR count). The summed E-state index contributed by atoms with van der Waals surface area (Å²) in [5.74, 6) is 1.12. The van der Waals surface area contributed by atoms with Gasteiger partial charge in [-0.2, -0.15) is 0 Å². The van der Waals surface area contributed by atoms with E-state index in [-0.39, 0.29) is 0 Å². The van der Waals surface area contributed by atoms with E-state index in [1.807, 2.05) is 54.6 Å². The van der Waals surface area contributed by atoms with Gasteiger partial charge in [0.05, 0.1) is 17.2 Å². The summed E-state index contributed by atoms with van der Waals surface area (Å²) in [5, 5.41) is 4.48. The predicted octanol–water partition coefficient (Wildman–Crippen LogP) is 7.72. The van der Waals surface area contributed by atoms with Crippen molar-refractivity contribution in [3.8, 4) is 11.5 Å². The van der Waals surface area contributed by atoms with Crippen molar-refractivity contribution < 1.29 is 9.47 Å². The quantitative estimate of drug-likeness (QED) is 0.330. The third-order valence-corrected chi connectivity index (χ3v) is 6.04. The first-order valence-corrected chi connectivity index (χ1v) is 10.7. The molecular formula is C21H17Br2Cl2NO2. The highest BCUT2D eigenvalue weighted by Gasteiger charge is 2.13. The number of nitrogens with one attached hydrogen (secondary N) is 1. The Hall–Kier alpha value is -1.40. The van der Waals surface area contributed by atoms with Gasteiger partial charge in [0.15, 0.2) is 11.5 Å². The van der Waals surface area contributed by atoms with E-state index in [2.05, 4.69) is 37.2 Å². The Balaban J connectivity index is 1.71. The molecule has 0 aliphatic carbocycles. The topological polar surface area (TPSA) is 30.5 Å². The van der Waals surface area contributed by atoms with E-state index in [0.29, 0.717) is 34.7 Å². The molecule has 0 atom stereocenters. The largest absolute Gasteiger partial charge is 0.493 e. The van der Waals surface area contributed by atoms with Crippen LogP contribution in [0.1, 0.15) is 11.1 Å². The van der Waals surface area contributed by atoms with E-state index in [0.717, 1.165) is 25.8 Å². The molecule has 0 saturated carbocycles. The maximum absolute atomic E-state index is 6.46. The van der Waals surface area contributed by atoms with Gasteiger partial charge in [0.1, 0.15) is 6.61 Å². The van der Waals surface area contributed by atoms with Crippen molar-refractivity contribution in [2.24, 2.45) is 0 Å². The van der Waals surface area contributed by atoms with Crippen LogP contribution in [0.4, 0.5) is 5.69 Å². The molecule has 0 aliphatic heterocycles. The number of benzene rings is 3. The fraction of sp³-hybridized carbons (Fsp3) is 0.143. The van der Waals surface area contributed by atoms with Crippen LogP contribution in [0.2, 0.25) is 10.0 Å². The van der Waals surface area contributed by atoms with Crippen LogP contribution in [-0.2, 0) is 13.2 Å². The number of anilines is 1. The number of hydrogen-bond donors (Lipinski definition) is 1. The summed E-state index contributed by atoms with van der Waals surface area (Å²) < 4.78 is 13.3. The molecular weight excluding hydrogens is 529 g/mol. The number of halogens is 4. The number of rotatable bonds is 7. The molecule has 0 unspecified atom stereocenters. The van der Waals surface area contributed by atoms with E-state index in [4.69, 9.17) is 32.7 Å². The zero-order chi connectivity index (χ0) is 20.1. The van der Waals surface area contributed by atoms with E-state index in [1.165, 1.54) is 0 Å². The molecule has 3 aromatic carbocycles. The second-order valence-electron chi connectivity index (χ2n) is 6.01. The van der Waals surface area contributed by atoms with Gasteiger partial charge in [-0.25, -0.2) is 0 Å². The fourth-order valence-electron chi connectivity index (χ4n) is 2.56. The number of ether oxygens (including phenoxy) is 2. The van der Waals surface area contributed by atoms with E-state index >= 15 is 0 Å². The summed E-state index contributed by atoms with van der Waals surface area (Å²) in [7, 11) is 1.60. The lowest BCUT2D eigenvalue weighted by Crippen LogP contribution is -2.02. The van der Waals surface area contributed by atoms with Gasteiger partial charge in [0.25, 0.3) is 0 Å². The van der Waals surface area contributed by atoms with Crippen molar-refractivity contribution in [2.75, 3.05) is 12.4 Å². The maximum Gasteiger partial charge on any atom is 0.180 e. The Morgan fingerprint density at radius 3 is 2.32 bits per heavy atom. The third kappa shape index (κ3) is 5.57. The van der Waals surface area contributed by atoms with Crippen LogP contribution in [0.3, 0.4) is 0 Å². The van der Waals surface area contributed by atoms with Gasteiger partial charge in [0.2, 0.25) is 0 Å². The van der Waals surface area contributed by atoms with Crippen molar-refractivity contribution in [2.45, 2.75) is 13.2 Å². The van der Waals surface area contributed by atoms with Gasteiger partial charge in [-0.3, -0.25) is 0 Å². The molecule has 28 heavy (non-hydrogen) atoms. The summed E-state index contributed by atoms with van der Waals surface area (Å²) in [6.07, 6.45) is 0. The summed E-state index contributed by atoms with van der Waals surface area (Å²) in [6, 6.07) is 17.4. The van der Waals surface area contributed by atoms with Crippen molar-refractivity contribution >= 4 is 60.7 Å². The molecule has 0 bridgehead atoms. The lowest BCUT2D eigenvalue weighted by molar-refractivity contribution is 0.284. The van der Waals surface area contributed by atoms with Crippen LogP contribution in [0.5, 0.6) is 11.5 Å². The van der Waals surface area contributed by atoms with Crippen molar-refractivity contribution in [1.29, 1.82) is 0 Å². The monoisotopic (exact) mass is 543 g/mol. The highest BCUT2D eigenvalue weighted by atomic mass is 79.9. The van der Waals surface area contributed by atoms with E-state index < -0.39 is 0 Å².